The number of hydrazone groups is 1. The number of amides is 1. The predicted octanol–water partition coefficient (Wildman–Crippen LogP) is 2.41. The molecular weight excluding hydrogens is 266 g/mol. The summed E-state index contributed by atoms with van der Waals surface area (Å²) in [5.74, 6) is 0.405. The highest BCUT2D eigenvalue weighted by Gasteiger charge is 2.03. The van der Waals surface area contributed by atoms with Crippen molar-refractivity contribution in [2.75, 3.05) is 6.61 Å². The molecule has 106 valence electrons. The average molecular weight is 281 g/mol. The van der Waals surface area contributed by atoms with Gasteiger partial charge in [0.2, 0.25) is 0 Å². The van der Waals surface area contributed by atoms with Crippen LogP contribution in [0.3, 0.4) is 0 Å². The van der Waals surface area contributed by atoms with Gasteiger partial charge in [-0.1, -0.05) is 12.7 Å². The molecule has 1 aromatic heterocycles. The SMILES string of the molecule is C=CCOc1ccc(C(=O)N/N=C/c2ccncc2)cc1. The fourth-order valence-corrected chi connectivity index (χ4v) is 1.54. The third kappa shape index (κ3) is 4.58. The van der Waals surface area contributed by atoms with E-state index in [1.807, 2.05) is 0 Å². The number of hydrogen-bond acceptors (Lipinski definition) is 4. The van der Waals surface area contributed by atoms with E-state index in [0.717, 1.165) is 5.56 Å². The molecule has 0 atom stereocenters. The minimum atomic E-state index is -0.282. The number of nitrogens with zero attached hydrogens (tertiary/aromatic N) is 2. The molecule has 5 nitrogen and oxygen atoms in total. The molecule has 0 saturated heterocycles. The lowest BCUT2D eigenvalue weighted by molar-refractivity contribution is 0.0955. The second-order valence-corrected chi connectivity index (χ2v) is 4.10. The number of aromatic nitrogens is 1. The summed E-state index contributed by atoms with van der Waals surface area (Å²) in [7, 11) is 0. The van der Waals surface area contributed by atoms with Crippen LogP contribution in [0.2, 0.25) is 0 Å². The maximum absolute atomic E-state index is 11.9. The number of hydrogen-bond donors (Lipinski definition) is 1. The van der Waals surface area contributed by atoms with Crippen molar-refractivity contribution in [1.29, 1.82) is 0 Å². The number of benzene rings is 1. The molecule has 0 radical (unpaired) electrons. The third-order valence-electron chi connectivity index (χ3n) is 2.57. The summed E-state index contributed by atoms with van der Waals surface area (Å²) in [5.41, 5.74) is 3.83. The second-order valence-electron chi connectivity index (χ2n) is 4.10. The van der Waals surface area contributed by atoms with Crippen LogP contribution in [0.25, 0.3) is 0 Å². The van der Waals surface area contributed by atoms with Crippen LogP contribution in [-0.4, -0.2) is 23.7 Å². The smallest absolute Gasteiger partial charge is 0.271 e. The summed E-state index contributed by atoms with van der Waals surface area (Å²) < 4.78 is 5.34. The number of pyridine rings is 1. The van der Waals surface area contributed by atoms with Crippen LogP contribution in [0.4, 0.5) is 0 Å². The van der Waals surface area contributed by atoms with Crippen LogP contribution in [0.5, 0.6) is 5.75 Å². The molecule has 0 aliphatic heterocycles. The van der Waals surface area contributed by atoms with Crippen LogP contribution < -0.4 is 10.2 Å². The number of nitrogens with one attached hydrogen (secondary N) is 1. The maximum Gasteiger partial charge on any atom is 0.271 e. The molecule has 5 heteroatoms. The lowest BCUT2D eigenvalue weighted by atomic mass is 10.2. The normalized spacial score (nSPS) is 10.3. The Morgan fingerprint density at radius 3 is 2.62 bits per heavy atom. The minimum Gasteiger partial charge on any atom is -0.490 e. The van der Waals surface area contributed by atoms with E-state index in [1.165, 1.54) is 0 Å². The quantitative estimate of drug-likeness (QED) is 0.502. The van der Waals surface area contributed by atoms with Crippen LogP contribution in [0.15, 0.2) is 66.5 Å². The van der Waals surface area contributed by atoms with Crippen molar-refractivity contribution in [1.82, 2.24) is 10.4 Å². The summed E-state index contributed by atoms with van der Waals surface area (Å²) in [4.78, 5) is 15.8. The summed E-state index contributed by atoms with van der Waals surface area (Å²) >= 11 is 0. The van der Waals surface area contributed by atoms with Gasteiger partial charge < -0.3 is 4.74 Å². The lowest BCUT2D eigenvalue weighted by Gasteiger charge is -2.04. The number of rotatable bonds is 6. The average Bonchev–Trinajstić information content (AvgIpc) is 2.54. The summed E-state index contributed by atoms with van der Waals surface area (Å²) in [6, 6.07) is 10.4. The monoisotopic (exact) mass is 281 g/mol. The Labute approximate surface area is 123 Å². The molecule has 1 heterocycles. The van der Waals surface area contributed by atoms with E-state index in [4.69, 9.17) is 4.74 Å². The van der Waals surface area contributed by atoms with Gasteiger partial charge >= 0.3 is 0 Å². The zero-order valence-electron chi connectivity index (χ0n) is 11.4. The van der Waals surface area contributed by atoms with Gasteiger partial charge in [-0.05, 0) is 42.0 Å². The molecule has 0 fully saturated rings. The van der Waals surface area contributed by atoms with Crippen LogP contribution >= 0.6 is 0 Å². The summed E-state index contributed by atoms with van der Waals surface area (Å²) in [5, 5.41) is 3.89. The van der Waals surface area contributed by atoms with Gasteiger partial charge in [-0.15, -0.1) is 0 Å². The molecule has 0 unspecified atom stereocenters. The maximum atomic E-state index is 11.9. The van der Waals surface area contributed by atoms with Crippen molar-refractivity contribution < 1.29 is 9.53 Å². The fraction of sp³-hybridized carbons (Fsp3) is 0.0625. The van der Waals surface area contributed by atoms with E-state index in [0.29, 0.717) is 17.9 Å². The van der Waals surface area contributed by atoms with Crippen molar-refractivity contribution in [3.8, 4) is 5.75 Å². The predicted molar refractivity (Wildman–Crippen MR) is 81.4 cm³/mol. The Morgan fingerprint density at radius 2 is 1.95 bits per heavy atom. The number of carbonyl (C=O) groups excluding carboxylic acids is 1. The van der Waals surface area contributed by atoms with E-state index in [2.05, 4.69) is 22.1 Å². The standard InChI is InChI=1S/C16H15N3O2/c1-2-11-21-15-5-3-14(4-6-15)16(20)19-18-12-13-7-9-17-10-8-13/h2-10,12H,1,11H2,(H,19,20)/b18-12+. The minimum absolute atomic E-state index is 0.282. The Balaban J connectivity index is 1.91. The van der Waals surface area contributed by atoms with E-state index in [9.17, 15) is 4.79 Å². The van der Waals surface area contributed by atoms with Gasteiger partial charge in [0.05, 0.1) is 6.21 Å². The Hall–Kier alpha value is -2.95. The first-order valence-electron chi connectivity index (χ1n) is 6.37. The number of ether oxygens (including phenoxy) is 1. The zero-order valence-corrected chi connectivity index (χ0v) is 11.4. The molecule has 0 spiro atoms. The molecule has 0 aliphatic carbocycles. The van der Waals surface area contributed by atoms with Gasteiger partial charge in [0.25, 0.3) is 5.91 Å². The molecule has 1 N–H and O–H groups in total. The highest BCUT2D eigenvalue weighted by atomic mass is 16.5. The first-order chi connectivity index (χ1) is 10.3. The largest absolute Gasteiger partial charge is 0.490 e. The van der Waals surface area contributed by atoms with Gasteiger partial charge in [-0.3, -0.25) is 9.78 Å². The molecule has 21 heavy (non-hydrogen) atoms. The molecule has 0 bridgehead atoms. The first kappa shape index (κ1) is 14.5. The topological polar surface area (TPSA) is 63.6 Å². The molecule has 2 aromatic rings. The zero-order chi connectivity index (χ0) is 14.9. The van der Waals surface area contributed by atoms with Crippen LogP contribution in [0, 0.1) is 0 Å². The van der Waals surface area contributed by atoms with E-state index in [1.54, 1.807) is 61.1 Å². The van der Waals surface area contributed by atoms with Crippen molar-refractivity contribution in [2.45, 2.75) is 0 Å². The molecule has 2 rings (SSSR count). The van der Waals surface area contributed by atoms with Gasteiger partial charge in [0.15, 0.2) is 0 Å². The third-order valence-corrected chi connectivity index (χ3v) is 2.57. The molecule has 1 aromatic carbocycles. The molecule has 0 aliphatic rings. The highest BCUT2D eigenvalue weighted by molar-refractivity contribution is 5.94. The Morgan fingerprint density at radius 1 is 1.24 bits per heavy atom. The van der Waals surface area contributed by atoms with Crippen LogP contribution in [0.1, 0.15) is 15.9 Å². The fourth-order valence-electron chi connectivity index (χ4n) is 1.54. The Kier molecular flexibility index (Phi) is 5.23. The van der Waals surface area contributed by atoms with Gasteiger partial charge in [-0.2, -0.15) is 5.10 Å². The first-order valence-corrected chi connectivity index (χ1v) is 6.37. The van der Waals surface area contributed by atoms with Crippen molar-refractivity contribution >= 4 is 12.1 Å². The Bertz CT molecular complexity index is 622. The summed E-state index contributed by atoms with van der Waals surface area (Å²) in [6.07, 6.45) is 6.53. The summed E-state index contributed by atoms with van der Waals surface area (Å²) in [6.45, 7) is 4.00. The van der Waals surface area contributed by atoms with Crippen LogP contribution in [-0.2, 0) is 0 Å². The van der Waals surface area contributed by atoms with Crippen molar-refractivity contribution in [3.05, 3.63) is 72.6 Å². The van der Waals surface area contributed by atoms with Crippen molar-refractivity contribution in [3.63, 3.8) is 0 Å². The highest BCUT2D eigenvalue weighted by Crippen LogP contribution is 2.12. The van der Waals surface area contributed by atoms with E-state index >= 15 is 0 Å². The van der Waals surface area contributed by atoms with Gasteiger partial charge in [0, 0.05) is 18.0 Å². The van der Waals surface area contributed by atoms with E-state index < -0.39 is 0 Å². The molecular formula is C16H15N3O2. The number of carbonyl (C=O) groups is 1. The van der Waals surface area contributed by atoms with Gasteiger partial charge in [0.1, 0.15) is 12.4 Å². The molecule has 0 saturated carbocycles. The van der Waals surface area contributed by atoms with E-state index in [-0.39, 0.29) is 5.91 Å². The second kappa shape index (κ2) is 7.59. The lowest BCUT2D eigenvalue weighted by Crippen LogP contribution is -2.17. The molecule has 1 amide bonds. The van der Waals surface area contributed by atoms with Crippen molar-refractivity contribution in [2.24, 2.45) is 5.10 Å². The van der Waals surface area contributed by atoms with Gasteiger partial charge in [-0.25, -0.2) is 5.43 Å².